The van der Waals surface area contributed by atoms with Crippen molar-refractivity contribution < 1.29 is 4.74 Å². The van der Waals surface area contributed by atoms with Gasteiger partial charge in [0.1, 0.15) is 6.07 Å². The molecule has 0 aliphatic carbocycles. The Bertz CT molecular complexity index is 567. The summed E-state index contributed by atoms with van der Waals surface area (Å²) in [6.45, 7) is 4.68. The average Bonchev–Trinajstić information content (AvgIpc) is 2.48. The summed E-state index contributed by atoms with van der Waals surface area (Å²) in [6.07, 6.45) is 8.40. The van der Waals surface area contributed by atoms with Crippen molar-refractivity contribution in [1.29, 1.82) is 5.26 Å². The van der Waals surface area contributed by atoms with Crippen molar-refractivity contribution in [2.75, 3.05) is 24.6 Å². The third kappa shape index (κ3) is 2.39. The lowest BCUT2D eigenvalue weighted by Gasteiger charge is -2.42. The number of piperidine rings is 1. The second-order valence-corrected chi connectivity index (χ2v) is 5.48. The minimum atomic E-state index is -0.103. The van der Waals surface area contributed by atoms with Gasteiger partial charge in [-0.1, -0.05) is 11.6 Å². The zero-order chi connectivity index (χ0) is 14.0. The number of nitrogens with zero attached hydrogens (tertiary/aromatic N) is 4. The summed E-state index contributed by atoms with van der Waals surface area (Å²) < 4.78 is 6.01. The lowest BCUT2D eigenvalue weighted by atomic mass is 9.87. The minimum Gasteiger partial charge on any atom is -0.370 e. The fraction of sp³-hybridized carbons (Fsp3) is 0.533. The number of nitriles is 1. The average molecular weight is 270 g/mol. The van der Waals surface area contributed by atoms with E-state index >= 15 is 0 Å². The predicted molar refractivity (Wildman–Crippen MR) is 75.3 cm³/mol. The number of rotatable bonds is 1. The largest absolute Gasteiger partial charge is 0.370 e. The Morgan fingerprint density at radius 2 is 2.05 bits per heavy atom. The maximum absolute atomic E-state index is 9.11. The van der Waals surface area contributed by atoms with Crippen molar-refractivity contribution in [2.24, 2.45) is 0 Å². The molecule has 20 heavy (non-hydrogen) atoms. The van der Waals surface area contributed by atoms with Crippen LogP contribution >= 0.6 is 0 Å². The van der Waals surface area contributed by atoms with E-state index in [0.29, 0.717) is 11.5 Å². The Hall–Kier alpha value is -1.93. The maximum Gasteiger partial charge on any atom is 0.183 e. The molecule has 5 heteroatoms. The van der Waals surface area contributed by atoms with E-state index in [9.17, 15) is 0 Å². The monoisotopic (exact) mass is 270 g/mol. The summed E-state index contributed by atoms with van der Waals surface area (Å²) in [5.41, 5.74) is 1.72. The van der Waals surface area contributed by atoms with E-state index in [1.807, 2.05) is 0 Å². The Morgan fingerprint density at radius 3 is 2.75 bits per heavy atom. The molecular formula is C15H18N4O. The third-order valence-electron chi connectivity index (χ3n) is 4.09. The van der Waals surface area contributed by atoms with E-state index < -0.39 is 0 Å². The van der Waals surface area contributed by atoms with E-state index in [-0.39, 0.29) is 5.60 Å². The van der Waals surface area contributed by atoms with E-state index in [1.54, 1.807) is 12.4 Å². The first-order valence-corrected chi connectivity index (χ1v) is 7.01. The first-order valence-electron chi connectivity index (χ1n) is 7.01. The van der Waals surface area contributed by atoms with Gasteiger partial charge in [-0.05, 0) is 26.2 Å². The molecule has 0 radical (unpaired) electrons. The second-order valence-electron chi connectivity index (χ2n) is 5.48. The van der Waals surface area contributed by atoms with Crippen molar-refractivity contribution in [1.82, 2.24) is 9.97 Å². The van der Waals surface area contributed by atoms with Gasteiger partial charge in [0.2, 0.25) is 0 Å². The van der Waals surface area contributed by atoms with Crippen LogP contribution in [0.5, 0.6) is 0 Å². The molecule has 0 bridgehead atoms. The second kappa shape index (κ2) is 5.22. The van der Waals surface area contributed by atoms with Crippen molar-refractivity contribution in [3.05, 3.63) is 29.7 Å². The van der Waals surface area contributed by atoms with Crippen molar-refractivity contribution in [3.8, 4) is 6.07 Å². The van der Waals surface area contributed by atoms with Crippen LogP contribution in [0.15, 0.2) is 24.0 Å². The van der Waals surface area contributed by atoms with Gasteiger partial charge in [-0.15, -0.1) is 0 Å². The molecule has 0 amide bonds. The SMILES string of the molecule is CC1=CC2(CCN(c3nccnc3C#N)CC2)OCC1. The van der Waals surface area contributed by atoms with Crippen LogP contribution in [-0.4, -0.2) is 35.3 Å². The molecule has 0 N–H and O–H groups in total. The van der Waals surface area contributed by atoms with Gasteiger partial charge in [0.05, 0.1) is 12.2 Å². The van der Waals surface area contributed by atoms with E-state index in [0.717, 1.165) is 39.0 Å². The summed E-state index contributed by atoms with van der Waals surface area (Å²) in [6, 6.07) is 2.11. The van der Waals surface area contributed by atoms with Gasteiger partial charge >= 0.3 is 0 Å². The van der Waals surface area contributed by atoms with Crippen molar-refractivity contribution >= 4 is 5.82 Å². The van der Waals surface area contributed by atoms with Crippen LogP contribution in [-0.2, 0) is 4.74 Å². The molecule has 5 nitrogen and oxygen atoms in total. The molecule has 1 aromatic rings. The van der Waals surface area contributed by atoms with E-state index in [1.165, 1.54) is 5.57 Å². The number of ether oxygens (including phenoxy) is 1. The van der Waals surface area contributed by atoms with Crippen LogP contribution in [0.1, 0.15) is 31.9 Å². The molecule has 1 fully saturated rings. The van der Waals surface area contributed by atoms with E-state index in [4.69, 9.17) is 10.00 Å². The smallest absolute Gasteiger partial charge is 0.183 e. The van der Waals surface area contributed by atoms with Crippen LogP contribution in [0.3, 0.4) is 0 Å². The van der Waals surface area contributed by atoms with Crippen LogP contribution in [0.4, 0.5) is 5.82 Å². The van der Waals surface area contributed by atoms with Crippen molar-refractivity contribution in [2.45, 2.75) is 31.8 Å². The molecule has 3 heterocycles. The molecule has 1 spiro atoms. The van der Waals surface area contributed by atoms with Crippen LogP contribution in [0, 0.1) is 11.3 Å². The molecule has 2 aliphatic heterocycles. The number of hydrogen-bond donors (Lipinski definition) is 0. The summed E-state index contributed by atoms with van der Waals surface area (Å²) in [4.78, 5) is 10.5. The molecule has 1 aromatic heterocycles. The Balaban J connectivity index is 1.76. The zero-order valence-corrected chi connectivity index (χ0v) is 11.7. The molecule has 0 saturated carbocycles. The normalized spacial score (nSPS) is 21.4. The predicted octanol–water partition coefficient (Wildman–Crippen LogP) is 2.05. The standard InChI is InChI=1S/C15H18N4O/c1-12-2-9-20-15(10-12)3-7-19(8-4-15)14-13(11-16)17-5-6-18-14/h5-6,10H,2-4,7-9H2,1H3. The molecule has 104 valence electrons. The first-order chi connectivity index (χ1) is 9.72. The number of aromatic nitrogens is 2. The maximum atomic E-state index is 9.11. The van der Waals surface area contributed by atoms with Gasteiger partial charge in [0.15, 0.2) is 11.5 Å². The lowest BCUT2D eigenvalue weighted by Crippen LogP contribution is -2.47. The number of anilines is 1. The highest BCUT2D eigenvalue weighted by atomic mass is 16.5. The van der Waals surface area contributed by atoms with Gasteiger partial charge in [0, 0.05) is 25.5 Å². The van der Waals surface area contributed by atoms with Gasteiger partial charge < -0.3 is 9.64 Å². The minimum absolute atomic E-state index is 0.103. The summed E-state index contributed by atoms with van der Waals surface area (Å²) in [5.74, 6) is 0.696. The molecule has 0 unspecified atom stereocenters. The molecular weight excluding hydrogens is 252 g/mol. The number of hydrogen-bond acceptors (Lipinski definition) is 5. The summed E-state index contributed by atoms with van der Waals surface area (Å²) in [5, 5.41) is 9.11. The van der Waals surface area contributed by atoms with Gasteiger partial charge in [-0.3, -0.25) is 0 Å². The molecule has 3 rings (SSSR count). The van der Waals surface area contributed by atoms with Gasteiger partial charge in [-0.25, -0.2) is 9.97 Å². The van der Waals surface area contributed by atoms with Crippen LogP contribution in [0.2, 0.25) is 0 Å². The topological polar surface area (TPSA) is 62.0 Å². The highest BCUT2D eigenvalue weighted by Crippen LogP contribution is 2.34. The van der Waals surface area contributed by atoms with Gasteiger partial charge in [-0.2, -0.15) is 5.26 Å². The quantitative estimate of drug-likeness (QED) is 0.731. The highest BCUT2D eigenvalue weighted by Gasteiger charge is 2.36. The summed E-state index contributed by atoms with van der Waals surface area (Å²) >= 11 is 0. The molecule has 2 aliphatic rings. The van der Waals surface area contributed by atoms with E-state index in [2.05, 4.69) is 33.9 Å². The molecule has 0 atom stereocenters. The Labute approximate surface area is 118 Å². The Morgan fingerprint density at radius 1 is 1.30 bits per heavy atom. The fourth-order valence-electron chi connectivity index (χ4n) is 3.00. The zero-order valence-electron chi connectivity index (χ0n) is 11.7. The highest BCUT2D eigenvalue weighted by molar-refractivity contribution is 5.50. The fourth-order valence-corrected chi connectivity index (χ4v) is 3.00. The Kier molecular flexibility index (Phi) is 3.41. The van der Waals surface area contributed by atoms with Crippen LogP contribution in [0.25, 0.3) is 0 Å². The third-order valence-corrected chi connectivity index (χ3v) is 4.09. The van der Waals surface area contributed by atoms with Gasteiger partial charge in [0.25, 0.3) is 0 Å². The first kappa shape index (κ1) is 13.1. The van der Waals surface area contributed by atoms with Crippen molar-refractivity contribution in [3.63, 3.8) is 0 Å². The van der Waals surface area contributed by atoms with Crippen LogP contribution < -0.4 is 4.90 Å². The lowest BCUT2D eigenvalue weighted by molar-refractivity contribution is -0.0326. The molecule has 0 aromatic carbocycles. The molecule has 1 saturated heterocycles. The summed E-state index contributed by atoms with van der Waals surface area (Å²) in [7, 11) is 0.